The Labute approximate surface area is 118 Å². The summed E-state index contributed by atoms with van der Waals surface area (Å²) in [7, 11) is 0. The Morgan fingerprint density at radius 3 is 2.53 bits per heavy atom. The molecular formula is C12H10Cl2FNO3. The van der Waals surface area contributed by atoms with E-state index in [1.807, 2.05) is 0 Å². The first kappa shape index (κ1) is 15.5. The van der Waals surface area contributed by atoms with Gasteiger partial charge in [-0.05, 0) is 19.1 Å². The van der Waals surface area contributed by atoms with Crippen LogP contribution in [-0.4, -0.2) is 28.9 Å². The third kappa shape index (κ3) is 3.68. The maximum atomic E-state index is 13.3. The van der Waals surface area contributed by atoms with E-state index in [4.69, 9.17) is 28.3 Å². The van der Waals surface area contributed by atoms with Crippen LogP contribution in [0, 0.1) is 5.82 Å². The molecule has 1 rings (SSSR count). The van der Waals surface area contributed by atoms with Crippen molar-refractivity contribution < 1.29 is 19.4 Å². The van der Waals surface area contributed by atoms with Crippen LogP contribution < -0.4 is 0 Å². The summed E-state index contributed by atoms with van der Waals surface area (Å²) in [5.41, 5.74) is -0.644. The molecule has 0 aliphatic rings. The predicted octanol–water partition coefficient (Wildman–Crippen LogP) is 3.58. The highest BCUT2D eigenvalue weighted by molar-refractivity contribution is 6.36. The van der Waals surface area contributed by atoms with Crippen LogP contribution >= 0.6 is 23.2 Å². The van der Waals surface area contributed by atoms with Crippen molar-refractivity contribution in [2.24, 2.45) is 4.99 Å². The number of halogens is 3. The van der Waals surface area contributed by atoms with Gasteiger partial charge in [0.05, 0.1) is 10.0 Å². The van der Waals surface area contributed by atoms with Crippen molar-refractivity contribution in [2.75, 3.05) is 6.54 Å². The van der Waals surface area contributed by atoms with Gasteiger partial charge in [-0.1, -0.05) is 23.2 Å². The van der Waals surface area contributed by atoms with Crippen LogP contribution in [0.5, 0.6) is 0 Å². The lowest BCUT2D eigenvalue weighted by atomic mass is 10.1. The van der Waals surface area contributed by atoms with Crippen molar-refractivity contribution in [1.82, 2.24) is 0 Å². The molecule has 0 unspecified atom stereocenters. The van der Waals surface area contributed by atoms with E-state index in [0.717, 1.165) is 18.3 Å². The molecule has 0 saturated carbocycles. The molecule has 0 aliphatic carbocycles. The number of benzene rings is 1. The highest BCUT2D eigenvalue weighted by Crippen LogP contribution is 2.29. The second-order valence-electron chi connectivity index (χ2n) is 3.44. The summed E-state index contributed by atoms with van der Waals surface area (Å²) in [4.78, 5) is 14.7. The molecule has 0 saturated heterocycles. The molecule has 0 radical (unpaired) electrons. The highest BCUT2D eigenvalue weighted by atomic mass is 35.5. The van der Waals surface area contributed by atoms with E-state index in [1.54, 1.807) is 6.92 Å². The molecule has 0 spiro atoms. The number of rotatable bonds is 4. The average molecular weight is 306 g/mol. The lowest BCUT2D eigenvalue weighted by Crippen LogP contribution is -2.06. The Kier molecular flexibility index (Phi) is 5.32. The van der Waals surface area contributed by atoms with E-state index in [9.17, 15) is 14.3 Å². The number of hydrogen-bond donors (Lipinski definition) is 2. The van der Waals surface area contributed by atoms with Crippen LogP contribution in [0.4, 0.5) is 4.39 Å². The summed E-state index contributed by atoms with van der Waals surface area (Å²) in [6.45, 7) is 2.04. The van der Waals surface area contributed by atoms with Gasteiger partial charge >= 0.3 is 5.97 Å². The number of hydrogen-bond acceptors (Lipinski definition) is 3. The predicted molar refractivity (Wildman–Crippen MR) is 72.6 cm³/mol. The largest absolute Gasteiger partial charge is 0.506 e. The first-order valence-electron chi connectivity index (χ1n) is 5.19. The zero-order chi connectivity index (χ0) is 14.6. The van der Waals surface area contributed by atoms with Crippen LogP contribution in [0.15, 0.2) is 22.7 Å². The van der Waals surface area contributed by atoms with E-state index in [2.05, 4.69) is 4.99 Å². The normalized spacial score (nSPS) is 12.6. The minimum absolute atomic E-state index is 0.0625. The van der Waals surface area contributed by atoms with Gasteiger partial charge in [0.15, 0.2) is 0 Å². The lowest BCUT2D eigenvalue weighted by molar-refractivity contribution is -0.132. The smallest absolute Gasteiger partial charge is 0.341 e. The molecule has 2 N–H and O–H groups in total. The van der Waals surface area contributed by atoms with Gasteiger partial charge in [-0.15, -0.1) is 0 Å². The summed E-state index contributed by atoms with van der Waals surface area (Å²) in [6, 6.07) is 1.95. The molecule has 0 atom stereocenters. The molecule has 4 nitrogen and oxygen atoms in total. The number of carboxylic acids is 1. The molecule has 1 aromatic carbocycles. The van der Waals surface area contributed by atoms with Crippen molar-refractivity contribution in [3.05, 3.63) is 39.1 Å². The van der Waals surface area contributed by atoms with Gasteiger partial charge in [-0.25, -0.2) is 9.18 Å². The minimum atomic E-state index is -1.40. The monoisotopic (exact) mass is 305 g/mol. The number of aliphatic imine (C=N–C) groups is 1. The number of aliphatic carboxylic acids is 1. The molecule has 0 heterocycles. The van der Waals surface area contributed by atoms with Crippen LogP contribution in [0.3, 0.4) is 0 Å². The van der Waals surface area contributed by atoms with E-state index in [-0.39, 0.29) is 15.6 Å². The van der Waals surface area contributed by atoms with Crippen LogP contribution in [0.1, 0.15) is 12.5 Å². The molecule has 0 aliphatic heterocycles. The van der Waals surface area contributed by atoms with E-state index < -0.39 is 23.1 Å². The number of aliphatic hydroxyl groups excluding tert-OH is 1. The minimum Gasteiger partial charge on any atom is -0.506 e. The fraction of sp³-hybridized carbons (Fsp3) is 0.167. The molecule has 19 heavy (non-hydrogen) atoms. The number of nitrogens with zero attached hydrogens (tertiary/aromatic N) is 1. The highest BCUT2D eigenvalue weighted by Gasteiger charge is 2.18. The summed E-state index contributed by atoms with van der Waals surface area (Å²) in [6.07, 6.45) is 0.987. The van der Waals surface area contributed by atoms with E-state index in [1.165, 1.54) is 0 Å². The fourth-order valence-electron chi connectivity index (χ4n) is 1.25. The average Bonchev–Trinajstić information content (AvgIpc) is 2.33. The van der Waals surface area contributed by atoms with Gasteiger partial charge in [0.1, 0.15) is 17.1 Å². The second kappa shape index (κ2) is 6.54. The Morgan fingerprint density at radius 2 is 2.00 bits per heavy atom. The molecule has 0 aromatic heterocycles. The maximum absolute atomic E-state index is 13.3. The van der Waals surface area contributed by atoms with Gasteiger partial charge < -0.3 is 10.2 Å². The second-order valence-corrected chi connectivity index (χ2v) is 4.26. The van der Waals surface area contributed by atoms with Crippen molar-refractivity contribution in [2.45, 2.75) is 6.92 Å². The summed E-state index contributed by atoms with van der Waals surface area (Å²) >= 11 is 11.3. The first-order valence-corrected chi connectivity index (χ1v) is 5.95. The number of carbonyl (C=O) groups is 1. The Hall–Kier alpha value is -1.59. The molecule has 102 valence electrons. The van der Waals surface area contributed by atoms with Crippen molar-refractivity contribution in [1.29, 1.82) is 0 Å². The molecule has 0 fully saturated rings. The SMILES string of the molecule is CCN=CC(C(=O)O)=C(O)c1cc(F)c(Cl)cc1Cl. The fourth-order valence-corrected chi connectivity index (χ4v) is 1.72. The zero-order valence-electron chi connectivity index (χ0n) is 9.82. The lowest BCUT2D eigenvalue weighted by Gasteiger charge is -2.07. The Morgan fingerprint density at radius 1 is 1.37 bits per heavy atom. The molecule has 0 amide bonds. The summed E-state index contributed by atoms with van der Waals surface area (Å²) < 4.78 is 13.3. The Balaban J connectivity index is 3.44. The van der Waals surface area contributed by atoms with E-state index in [0.29, 0.717) is 6.54 Å². The van der Waals surface area contributed by atoms with Gasteiger partial charge in [-0.3, -0.25) is 4.99 Å². The van der Waals surface area contributed by atoms with Gasteiger partial charge in [0.2, 0.25) is 0 Å². The molecule has 7 heteroatoms. The zero-order valence-corrected chi connectivity index (χ0v) is 11.3. The van der Waals surface area contributed by atoms with Crippen LogP contribution in [-0.2, 0) is 4.79 Å². The summed E-state index contributed by atoms with van der Waals surface area (Å²) in [5, 5.41) is 18.6. The first-order chi connectivity index (χ1) is 8.88. The van der Waals surface area contributed by atoms with Crippen LogP contribution in [0.25, 0.3) is 5.76 Å². The number of carboxylic acid groups (broad SMARTS) is 1. The topological polar surface area (TPSA) is 69.9 Å². The molecule has 1 aromatic rings. The van der Waals surface area contributed by atoms with Crippen molar-refractivity contribution in [3.63, 3.8) is 0 Å². The van der Waals surface area contributed by atoms with Gasteiger partial charge in [-0.2, -0.15) is 0 Å². The van der Waals surface area contributed by atoms with Crippen molar-refractivity contribution >= 4 is 41.1 Å². The number of aliphatic hydroxyl groups is 1. The molecular weight excluding hydrogens is 296 g/mol. The van der Waals surface area contributed by atoms with Crippen molar-refractivity contribution in [3.8, 4) is 0 Å². The quantitative estimate of drug-likeness (QED) is 0.386. The molecule has 0 bridgehead atoms. The van der Waals surface area contributed by atoms with Gasteiger partial charge in [0, 0.05) is 18.3 Å². The maximum Gasteiger partial charge on any atom is 0.341 e. The third-order valence-electron chi connectivity index (χ3n) is 2.15. The summed E-state index contributed by atoms with van der Waals surface area (Å²) in [5.74, 6) is -2.89. The Bertz CT molecular complexity index is 570. The standard InChI is InChI=1S/C12H10Cl2FNO3/c1-2-16-5-7(12(18)19)11(17)6-3-10(15)9(14)4-8(6)13/h3-5,17H,2H2,1H3,(H,18,19). The van der Waals surface area contributed by atoms with Crippen LogP contribution in [0.2, 0.25) is 10.0 Å². The van der Waals surface area contributed by atoms with Gasteiger partial charge in [0.25, 0.3) is 0 Å². The van der Waals surface area contributed by atoms with E-state index >= 15 is 0 Å². The third-order valence-corrected chi connectivity index (χ3v) is 2.76.